The zero-order valence-electron chi connectivity index (χ0n) is 29.5. The van der Waals surface area contributed by atoms with Crippen molar-refractivity contribution in [2.45, 2.75) is 122 Å². The van der Waals surface area contributed by atoms with Gasteiger partial charge in [-0.1, -0.05) is 0 Å². The molecule has 0 amide bonds. The summed E-state index contributed by atoms with van der Waals surface area (Å²) in [6.07, 6.45) is -9.45. The molecule has 0 radical (unpaired) electrons. The Morgan fingerprint density at radius 2 is 0.686 bits per heavy atom. The fourth-order valence-electron chi connectivity index (χ4n) is 5.10. The summed E-state index contributed by atoms with van der Waals surface area (Å²) in [5.41, 5.74) is -1.97. The predicted octanol–water partition coefficient (Wildman–Crippen LogP) is 1.01. The molecular formula is C31H44O18S2. The van der Waals surface area contributed by atoms with Gasteiger partial charge in [-0.25, -0.2) is 0 Å². The van der Waals surface area contributed by atoms with Crippen molar-refractivity contribution in [1.82, 2.24) is 0 Å². The highest BCUT2D eigenvalue weighted by Gasteiger charge is 2.53. The van der Waals surface area contributed by atoms with Crippen molar-refractivity contribution >= 4 is 71.3 Å². The van der Waals surface area contributed by atoms with E-state index in [1.165, 1.54) is 37.4 Å². The summed E-state index contributed by atoms with van der Waals surface area (Å²) in [5.74, 6) is -5.11. The Kier molecular flexibility index (Phi) is 18.0. The summed E-state index contributed by atoms with van der Waals surface area (Å²) < 4.78 is 55.1. The Morgan fingerprint density at radius 1 is 0.412 bits per heavy atom. The van der Waals surface area contributed by atoms with E-state index in [2.05, 4.69) is 0 Å². The van der Waals surface area contributed by atoms with E-state index in [4.69, 9.17) is 47.4 Å². The Labute approximate surface area is 302 Å². The van der Waals surface area contributed by atoms with Crippen molar-refractivity contribution in [2.75, 3.05) is 24.7 Å². The lowest BCUT2D eigenvalue weighted by Gasteiger charge is -2.44. The lowest BCUT2D eigenvalue weighted by molar-refractivity contribution is -0.237. The maximum absolute atomic E-state index is 12.1. The number of ether oxygens (including phenoxy) is 10. The molecule has 0 N–H and O–H groups in total. The van der Waals surface area contributed by atoms with Gasteiger partial charge in [0.15, 0.2) is 36.6 Å². The maximum Gasteiger partial charge on any atom is 0.303 e. The van der Waals surface area contributed by atoms with Crippen LogP contribution >= 0.6 is 23.5 Å². The third-order valence-electron chi connectivity index (χ3n) is 6.75. The van der Waals surface area contributed by atoms with Crippen LogP contribution in [0.5, 0.6) is 0 Å². The molecule has 2 fully saturated rings. The molecule has 10 atom stereocenters. The van der Waals surface area contributed by atoms with Crippen molar-refractivity contribution in [1.29, 1.82) is 0 Å². The van der Waals surface area contributed by atoms with Gasteiger partial charge >= 0.3 is 47.8 Å². The Morgan fingerprint density at radius 3 is 0.961 bits per heavy atom. The number of carbonyl (C=O) groups is 8. The van der Waals surface area contributed by atoms with E-state index in [0.29, 0.717) is 17.9 Å². The minimum atomic E-state index is -1.31. The van der Waals surface area contributed by atoms with Gasteiger partial charge < -0.3 is 47.4 Å². The topological polar surface area (TPSA) is 229 Å². The molecule has 0 saturated carbocycles. The van der Waals surface area contributed by atoms with Gasteiger partial charge in [-0.05, 0) is 17.9 Å². The highest BCUT2D eigenvalue weighted by Crippen LogP contribution is 2.37. The molecule has 51 heavy (non-hydrogen) atoms. The normalized spacial score (nSPS) is 28.6. The number of esters is 8. The average Bonchev–Trinajstić information content (AvgIpc) is 2.99. The molecule has 0 unspecified atom stereocenters. The lowest BCUT2D eigenvalue weighted by atomic mass is 9.99. The fraction of sp³-hybridized carbons (Fsp3) is 0.742. The Bertz CT molecular complexity index is 1180. The second-order valence-electron chi connectivity index (χ2n) is 11.2. The van der Waals surface area contributed by atoms with Gasteiger partial charge in [0.1, 0.15) is 36.3 Å². The van der Waals surface area contributed by atoms with Gasteiger partial charge in [-0.3, -0.25) is 38.4 Å². The van der Waals surface area contributed by atoms with Crippen LogP contribution in [0.1, 0.15) is 61.8 Å². The molecule has 0 bridgehead atoms. The van der Waals surface area contributed by atoms with E-state index >= 15 is 0 Å². The highest BCUT2D eigenvalue weighted by molar-refractivity contribution is 8.00. The first-order chi connectivity index (χ1) is 23.9. The maximum atomic E-state index is 12.1. The van der Waals surface area contributed by atoms with Crippen LogP contribution in [0.15, 0.2) is 0 Å². The summed E-state index contributed by atoms with van der Waals surface area (Å²) in [5, 5.41) is 0. The number of carbonyl (C=O) groups excluding carboxylic acids is 8. The highest BCUT2D eigenvalue weighted by atomic mass is 32.2. The van der Waals surface area contributed by atoms with E-state index in [-0.39, 0.29) is 13.2 Å². The monoisotopic (exact) mass is 768 g/mol. The predicted molar refractivity (Wildman–Crippen MR) is 173 cm³/mol. The molecular weight excluding hydrogens is 724 g/mol. The van der Waals surface area contributed by atoms with Crippen LogP contribution < -0.4 is 0 Å². The first kappa shape index (κ1) is 43.5. The van der Waals surface area contributed by atoms with E-state index in [9.17, 15) is 38.4 Å². The van der Waals surface area contributed by atoms with Crippen LogP contribution in [-0.2, 0) is 85.7 Å². The van der Waals surface area contributed by atoms with Gasteiger partial charge in [-0.15, -0.1) is 23.5 Å². The van der Waals surface area contributed by atoms with Gasteiger partial charge in [-0.2, -0.15) is 0 Å². The van der Waals surface area contributed by atoms with E-state index in [0.717, 1.165) is 41.5 Å². The first-order valence-corrected chi connectivity index (χ1v) is 17.8. The molecule has 0 spiro atoms. The van der Waals surface area contributed by atoms with E-state index < -0.39 is 107 Å². The second-order valence-corrected chi connectivity index (χ2v) is 13.6. The third kappa shape index (κ3) is 14.9. The number of rotatable bonds is 16. The number of hydrogen-bond acceptors (Lipinski definition) is 20. The zero-order valence-corrected chi connectivity index (χ0v) is 31.1. The van der Waals surface area contributed by atoms with Crippen molar-refractivity contribution in [3.05, 3.63) is 0 Å². The van der Waals surface area contributed by atoms with Crippen LogP contribution in [0.3, 0.4) is 0 Å². The minimum Gasteiger partial charge on any atom is -0.463 e. The first-order valence-electron chi connectivity index (χ1n) is 15.7. The zero-order chi connectivity index (χ0) is 38.4. The van der Waals surface area contributed by atoms with E-state index in [1.54, 1.807) is 0 Å². The SMILES string of the molecule is CC(=O)OC[C@H]1O[C@@H](SCCCS[C@@H]2O[C@H](COC(C)=O)[C@@H](OC(C)=O)[C@H](OC(C)=O)[C@H]2OC(C)=O)[C@H](OC(C)=O)[C@@H](OC(C)=O)[C@@H]1OC(C)=O. The Balaban J connectivity index is 2.28. The van der Waals surface area contributed by atoms with Crippen molar-refractivity contribution in [3.63, 3.8) is 0 Å². The van der Waals surface area contributed by atoms with Crippen LogP contribution in [-0.4, -0.2) is 132 Å². The summed E-state index contributed by atoms with van der Waals surface area (Å²) >= 11 is 2.34. The standard InChI is InChI=1S/C31H44O18S2/c1-14(32)40-12-22-24(42-16(3)34)26(44-18(5)36)28(46-20(7)38)30(48-22)50-10-9-11-51-31-29(47-21(8)39)27(45-19(6)37)25(43-17(4)35)23(49-31)13-41-15(2)33/h22-31H,9-13H2,1-8H3/t22-,23-,24-,25-,26+,27+,28-,29-,30+,31+/m1/s1. The van der Waals surface area contributed by atoms with Crippen molar-refractivity contribution in [3.8, 4) is 0 Å². The molecule has 2 aliphatic rings. The largest absolute Gasteiger partial charge is 0.463 e. The molecule has 2 rings (SSSR count). The molecule has 2 aliphatic heterocycles. The molecule has 0 aromatic heterocycles. The molecule has 0 aliphatic carbocycles. The van der Waals surface area contributed by atoms with Gasteiger partial charge in [0.2, 0.25) is 0 Å². The van der Waals surface area contributed by atoms with Crippen LogP contribution in [0, 0.1) is 0 Å². The number of hydrogen-bond donors (Lipinski definition) is 0. The molecule has 0 aromatic rings. The van der Waals surface area contributed by atoms with Crippen molar-refractivity contribution in [2.24, 2.45) is 0 Å². The average molecular weight is 769 g/mol. The van der Waals surface area contributed by atoms with Crippen LogP contribution in [0.2, 0.25) is 0 Å². The molecule has 288 valence electrons. The summed E-state index contributed by atoms with van der Waals surface area (Å²) in [6, 6.07) is 0. The van der Waals surface area contributed by atoms with E-state index in [1.807, 2.05) is 0 Å². The molecule has 20 heteroatoms. The lowest BCUT2D eigenvalue weighted by Crippen LogP contribution is -2.61. The molecule has 18 nitrogen and oxygen atoms in total. The minimum absolute atomic E-state index is 0.325. The number of thioether (sulfide) groups is 2. The molecule has 2 saturated heterocycles. The molecule has 2 heterocycles. The second kappa shape index (κ2) is 21.0. The Hall–Kier alpha value is -3.62. The summed E-state index contributed by atoms with van der Waals surface area (Å²) in [4.78, 5) is 95.5. The van der Waals surface area contributed by atoms with Gasteiger partial charge in [0, 0.05) is 55.4 Å². The van der Waals surface area contributed by atoms with Gasteiger partial charge in [0.05, 0.1) is 0 Å². The van der Waals surface area contributed by atoms with Crippen LogP contribution in [0.25, 0.3) is 0 Å². The van der Waals surface area contributed by atoms with Crippen molar-refractivity contribution < 1.29 is 85.7 Å². The third-order valence-corrected chi connectivity index (χ3v) is 9.21. The van der Waals surface area contributed by atoms with Gasteiger partial charge in [0.25, 0.3) is 0 Å². The fourth-order valence-corrected chi connectivity index (χ4v) is 7.62. The summed E-state index contributed by atoms with van der Waals surface area (Å²) in [7, 11) is 0. The van der Waals surface area contributed by atoms with Crippen LogP contribution in [0.4, 0.5) is 0 Å². The smallest absolute Gasteiger partial charge is 0.303 e. The molecule has 0 aromatic carbocycles. The quantitative estimate of drug-likeness (QED) is 0.121. The summed E-state index contributed by atoms with van der Waals surface area (Å²) in [6.45, 7) is 8.39.